The molecule has 180 valence electrons. The van der Waals surface area contributed by atoms with Gasteiger partial charge in [0.15, 0.2) is 0 Å². The molecule has 0 unspecified atom stereocenters. The fourth-order valence-corrected chi connectivity index (χ4v) is 3.46. The van der Waals surface area contributed by atoms with Crippen molar-refractivity contribution in [3.8, 4) is 23.1 Å². The number of hydrogen-bond acceptors (Lipinski definition) is 6. The Labute approximate surface area is 199 Å². The van der Waals surface area contributed by atoms with Crippen molar-refractivity contribution in [2.24, 2.45) is 0 Å². The summed E-state index contributed by atoms with van der Waals surface area (Å²) in [5.74, 6) is 0.359. The Morgan fingerprint density at radius 3 is 2.24 bits per heavy atom. The number of ether oxygens (including phenoxy) is 3. The fourth-order valence-electron chi connectivity index (χ4n) is 3.46. The fraction of sp³-hybridized carbons (Fsp3) is 0.556. The molecule has 1 aliphatic rings. The Balaban J connectivity index is 0.00000187. The maximum absolute atomic E-state index is 9.88. The van der Waals surface area contributed by atoms with Gasteiger partial charge in [-0.25, -0.2) is 4.98 Å². The molecule has 0 radical (unpaired) electrons. The van der Waals surface area contributed by atoms with Gasteiger partial charge in [0.2, 0.25) is 5.88 Å². The molecule has 6 nitrogen and oxygen atoms in total. The van der Waals surface area contributed by atoms with Crippen LogP contribution in [0.3, 0.4) is 0 Å². The maximum Gasteiger partial charge on any atom is 0.232 e. The summed E-state index contributed by atoms with van der Waals surface area (Å²) in [5, 5.41) is 9.88. The van der Waals surface area contributed by atoms with Crippen LogP contribution in [0.15, 0.2) is 36.5 Å². The van der Waals surface area contributed by atoms with Crippen LogP contribution in [0.2, 0.25) is 0 Å². The zero-order valence-corrected chi connectivity index (χ0v) is 21.3. The molecule has 1 aromatic carbocycles. The van der Waals surface area contributed by atoms with Crippen LogP contribution >= 0.6 is 0 Å². The SMILES string of the molecule is CC.CC(C)(C)OCCC(C)(C)Oc1nccc(-c2ccc(N3CCOCC3)cc2)c1C#N. The lowest BCUT2D eigenvalue weighted by molar-refractivity contribution is -0.0300. The highest BCUT2D eigenvalue weighted by Crippen LogP contribution is 2.32. The lowest BCUT2D eigenvalue weighted by Gasteiger charge is -2.29. The van der Waals surface area contributed by atoms with E-state index in [1.807, 2.05) is 66.7 Å². The molecule has 0 N–H and O–H groups in total. The summed E-state index contributed by atoms with van der Waals surface area (Å²) in [4.78, 5) is 6.67. The molecule has 0 bridgehead atoms. The van der Waals surface area contributed by atoms with Crippen molar-refractivity contribution in [3.63, 3.8) is 0 Å². The van der Waals surface area contributed by atoms with Gasteiger partial charge < -0.3 is 19.1 Å². The first-order valence-corrected chi connectivity index (χ1v) is 11.8. The predicted octanol–water partition coefficient (Wildman–Crippen LogP) is 5.85. The first kappa shape index (κ1) is 26.6. The third kappa shape index (κ3) is 8.03. The second-order valence-corrected chi connectivity index (χ2v) is 9.37. The first-order valence-electron chi connectivity index (χ1n) is 11.8. The summed E-state index contributed by atoms with van der Waals surface area (Å²) in [7, 11) is 0. The van der Waals surface area contributed by atoms with E-state index in [1.54, 1.807) is 6.20 Å². The highest BCUT2D eigenvalue weighted by Gasteiger charge is 2.25. The number of hydrogen-bond donors (Lipinski definition) is 0. The normalized spacial score (nSPS) is 14.2. The first-order chi connectivity index (χ1) is 15.7. The molecule has 1 aliphatic heterocycles. The van der Waals surface area contributed by atoms with Crippen molar-refractivity contribution >= 4 is 5.69 Å². The van der Waals surface area contributed by atoms with Crippen LogP contribution in [-0.2, 0) is 9.47 Å². The minimum atomic E-state index is -0.511. The number of rotatable bonds is 7. The molecular weight excluding hydrogens is 414 g/mol. The summed E-state index contributed by atoms with van der Waals surface area (Å²) >= 11 is 0. The molecule has 3 rings (SSSR count). The van der Waals surface area contributed by atoms with Crippen LogP contribution in [0.1, 0.15) is 60.5 Å². The molecule has 1 aromatic heterocycles. The number of nitriles is 1. The second-order valence-electron chi connectivity index (χ2n) is 9.37. The predicted molar refractivity (Wildman–Crippen MR) is 134 cm³/mol. The van der Waals surface area contributed by atoms with Crippen molar-refractivity contribution in [1.82, 2.24) is 4.98 Å². The van der Waals surface area contributed by atoms with Crippen molar-refractivity contribution in [2.45, 2.75) is 66.1 Å². The third-order valence-electron chi connectivity index (χ3n) is 5.19. The van der Waals surface area contributed by atoms with Gasteiger partial charge in [0.1, 0.15) is 17.2 Å². The lowest BCUT2D eigenvalue weighted by atomic mass is 10.0. The van der Waals surface area contributed by atoms with E-state index in [9.17, 15) is 5.26 Å². The van der Waals surface area contributed by atoms with Gasteiger partial charge in [0.05, 0.1) is 25.4 Å². The van der Waals surface area contributed by atoms with Gasteiger partial charge in [-0.3, -0.25) is 0 Å². The van der Waals surface area contributed by atoms with Gasteiger partial charge in [-0.15, -0.1) is 0 Å². The minimum absolute atomic E-state index is 0.195. The molecule has 2 heterocycles. The molecule has 0 saturated carbocycles. The highest BCUT2D eigenvalue weighted by atomic mass is 16.5. The number of anilines is 1. The molecule has 6 heteroatoms. The Kier molecular flexibility index (Phi) is 9.70. The monoisotopic (exact) mass is 453 g/mol. The van der Waals surface area contributed by atoms with Crippen LogP contribution in [0.25, 0.3) is 11.1 Å². The van der Waals surface area contributed by atoms with E-state index in [1.165, 1.54) is 0 Å². The van der Waals surface area contributed by atoms with Gasteiger partial charge >= 0.3 is 0 Å². The quantitative estimate of drug-likeness (QED) is 0.524. The third-order valence-corrected chi connectivity index (χ3v) is 5.19. The summed E-state index contributed by atoms with van der Waals surface area (Å²) < 4.78 is 17.5. The molecule has 1 saturated heterocycles. The van der Waals surface area contributed by atoms with Crippen molar-refractivity contribution in [3.05, 3.63) is 42.1 Å². The van der Waals surface area contributed by atoms with E-state index >= 15 is 0 Å². The Hall–Kier alpha value is -2.62. The van der Waals surface area contributed by atoms with Crippen LogP contribution in [-0.4, -0.2) is 49.1 Å². The van der Waals surface area contributed by atoms with E-state index in [4.69, 9.17) is 14.2 Å². The van der Waals surface area contributed by atoms with Gasteiger partial charge in [0, 0.05) is 37.0 Å². The number of nitrogens with zero attached hydrogens (tertiary/aromatic N) is 3. The standard InChI is InChI=1S/C25H33N3O3.C2H6/c1-24(2,3)30-15-11-25(4,5)31-23-22(18-26)21(10-12-27-23)19-6-8-20(9-7-19)28-13-16-29-17-14-28;1-2/h6-10,12H,11,13-17H2,1-5H3;1-2H3. The molecular formula is C27H39N3O3. The summed E-state index contributed by atoms with van der Waals surface area (Å²) in [6.45, 7) is 17.9. The van der Waals surface area contributed by atoms with Crippen LogP contribution in [0, 0.1) is 11.3 Å². The zero-order valence-electron chi connectivity index (χ0n) is 21.3. The van der Waals surface area contributed by atoms with Crippen molar-refractivity contribution in [2.75, 3.05) is 37.8 Å². The van der Waals surface area contributed by atoms with Crippen LogP contribution < -0.4 is 9.64 Å². The lowest BCUT2D eigenvalue weighted by Crippen LogP contribution is -2.36. The van der Waals surface area contributed by atoms with Crippen molar-refractivity contribution in [1.29, 1.82) is 5.26 Å². The zero-order chi connectivity index (χ0) is 24.5. The number of pyridine rings is 1. The Morgan fingerprint density at radius 2 is 1.67 bits per heavy atom. The molecule has 2 aromatic rings. The van der Waals surface area contributed by atoms with E-state index in [-0.39, 0.29) is 5.60 Å². The number of morpholine rings is 1. The smallest absolute Gasteiger partial charge is 0.232 e. The second kappa shape index (κ2) is 12.0. The molecule has 0 amide bonds. The average molecular weight is 454 g/mol. The molecule has 1 fully saturated rings. The van der Waals surface area contributed by atoms with Gasteiger partial charge in [-0.2, -0.15) is 5.26 Å². The van der Waals surface area contributed by atoms with Crippen LogP contribution in [0.5, 0.6) is 5.88 Å². The molecule has 0 aliphatic carbocycles. The highest BCUT2D eigenvalue weighted by molar-refractivity contribution is 5.73. The van der Waals surface area contributed by atoms with Gasteiger partial charge in [-0.05, 0) is 58.4 Å². The number of benzene rings is 1. The van der Waals surface area contributed by atoms with E-state index in [2.05, 4.69) is 28.1 Å². The molecule has 0 spiro atoms. The number of aromatic nitrogens is 1. The maximum atomic E-state index is 9.88. The largest absolute Gasteiger partial charge is 0.471 e. The van der Waals surface area contributed by atoms with E-state index < -0.39 is 5.60 Å². The van der Waals surface area contributed by atoms with Crippen LogP contribution in [0.4, 0.5) is 5.69 Å². The topological polar surface area (TPSA) is 67.6 Å². The Bertz CT molecular complexity index is 906. The minimum Gasteiger partial charge on any atom is -0.471 e. The summed E-state index contributed by atoms with van der Waals surface area (Å²) in [6.07, 6.45) is 2.39. The summed E-state index contributed by atoms with van der Waals surface area (Å²) in [6, 6.07) is 12.4. The molecule has 0 atom stereocenters. The van der Waals surface area contributed by atoms with Crippen molar-refractivity contribution < 1.29 is 14.2 Å². The van der Waals surface area contributed by atoms with Gasteiger partial charge in [0.25, 0.3) is 0 Å². The Morgan fingerprint density at radius 1 is 1.03 bits per heavy atom. The summed E-state index contributed by atoms with van der Waals surface area (Å²) in [5.41, 5.74) is 2.70. The average Bonchev–Trinajstić information content (AvgIpc) is 2.79. The molecule has 33 heavy (non-hydrogen) atoms. The van der Waals surface area contributed by atoms with E-state index in [0.29, 0.717) is 24.5 Å². The van der Waals surface area contributed by atoms with E-state index in [0.717, 1.165) is 43.1 Å². The van der Waals surface area contributed by atoms with Gasteiger partial charge in [-0.1, -0.05) is 26.0 Å².